The van der Waals surface area contributed by atoms with Crippen LogP contribution in [0.15, 0.2) is 91.0 Å². The molecule has 0 saturated heterocycles. The zero-order chi connectivity index (χ0) is 24.9. The number of fused-ring (bicyclic) bond motifs is 1. The largest absolute Gasteiger partial charge is 0.496 e. The Hall–Kier alpha value is -5.05. The molecule has 0 aliphatic heterocycles. The number of carbonyl (C=O) groups excluding carboxylic acids is 2. The van der Waals surface area contributed by atoms with Gasteiger partial charge in [0.05, 0.1) is 19.2 Å². The van der Waals surface area contributed by atoms with Crippen LogP contribution in [0.25, 0.3) is 22.2 Å². The summed E-state index contributed by atoms with van der Waals surface area (Å²) in [6.07, 6.45) is 0. The molecule has 0 aliphatic carbocycles. The van der Waals surface area contributed by atoms with Gasteiger partial charge in [-0.3, -0.25) is 20.4 Å². The second kappa shape index (κ2) is 10.1. The quantitative estimate of drug-likeness (QED) is 0.361. The van der Waals surface area contributed by atoms with Gasteiger partial charge in [-0.15, -0.1) is 10.2 Å². The van der Waals surface area contributed by atoms with E-state index in [1.807, 2.05) is 54.6 Å². The average Bonchev–Trinajstić information content (AvgIpc) is 3.40. The number of amides is 2. The lowest BCUT2D eigenvalue weighted by Gasteiger charge is -2.12. The average molecular weight is 479 g/mol. The third-order valence-corrected chi connectivity index (χ3v) is 5.63. The number of tetrazole rings is 1. The van der Waals surface area contributed by atoms with Gasteiger partial charge in [0.1, 0.15) is 5.75 Å². The van der Waals surface area contributed by atoms with Crippen molar-refractivity contribution in [3.05, 3.63) is 108 Å². The van der Waals surface area contributed by atoms with E-state index in [0.29, 0.717) is 29.2 Å². The van der Waals surface area contributed by atoms with Crippen molar-refractivity contribution in [2.24, 2.45) is 0 Å². The Labute approximate surface area is 206 Å². The van der Waals surface area contributed by atoms with Crippen molar-refractivity contribution in [2.75, 3.05) is 7.11 Å². The lowest BCUT2D eigenvalue weighted by Crippen LogP contribution is -2.41. The van der Waals surface area contributed by atoms with Gasteiger partial charge in [0.2, 0.25) is 5.82 Å². The van der Waals surface area contributed by atoms with E-state index in [0.717, 1.165) is 21.9 Å². The minimum Gasteiger partial charge on any atom is -0.496 e. The number of hydrogen-bond donors (Lipinski definition) is 2. The topological polar surface area (TPSA) is 111 Å². The van der Waals surface area contributed by atoms with E-state index in [9.17, 15) is 9.59 Å². The Balaban J connectivity index is 1.21. The van der Waals surface area contributed by atoms with E-state index in [4.69, 9.17) is 4.74 Å². The van der Waals surface area contributed by atoms with Gasteiger partial charge in [-0.25, -0.2) is 0 Å². The highest BCUT2D eigenvalue weighted by Gasteiger charge is 2.15. The van der Waals surface area contributed by atoms with Crippen LogP contribution in [0.2, 0.25) is 0 Å². The second-order valence-electron chi connectivity index (χ2n) is 8.01. The summed E-state index contributed by atoms with van der Waals surface area (Å²) in [6.45, 7) is 0.403. The molecule has 2 amide bonds. The second-order valence-corrected chi connectivity index (χ2v) is 8.01. The zero-order valence-corrected chi connectivity index (χ0v) is 19.4. The van der Waals surface area contributed by atoms with Crippen molar-refractivity contribution in [1.29, 1.82) is 0 Å². The van der Waals surface area contributed by atoms with Gasteiger partial charge in [-0.05, 0) is 45.8 Å². The van der Waals surface area contributed by atoms with Gasteiger partial charge in [-0.1, -0.05) is 66.7 Å². The van der Waals surface area contributed by atoms with Crippen molar-refractivity contribution in [3.8, 4) is 17.1 Å². The SMILES string of the molecule is COc1cc2ccccc2cc1C(=O)NNC(=O)c1ccc(Cn2nnc(-c3ccccc3)n2)cc1. The maximum atomic E-state index is 12.7. The molecule has 2 N–H and O–H groups in total. The van der Waals surface area contributed by atoms with E-state index in [1.54, 1.807) is 36.4 Å². The number of ether oxygens (including phenoxy) is 1. The van der Waals surface area contributed by atoms with Crippen LogP contribution in [-0.4, -0.2) is 39.1 Å². The van der Waals surface area contributed by atoms with Crippen molar-refractivity contribution < 1.29 is 14.3 Å². The van der Waals surface area contributed by atoms with Gasteiger partial charge in [0.15, 0.2) is 0 Å². The predicted octanol–water partition coefficient (Wildman–Crippen LogP) is 3.63. The number of hydrogen-bond acceptors (Lipinski definition) is 6. The molecule has 0 atom stereocenters. The van der Waals surface area contributed by atoms with Gasteiger partial charge in [0, 0.05) is 11.1 Å². The fraction of sp³-hybridized carbons (Fsp3) is 0.0741. The highest BCUT2D eigenvalue weighted by molar-refractivity contribution is 6.03. The molecule has 9 heteroatoms. The van der Waals surface area contributed by atoms with Gasteiger partial charge in [-0.2, -0.15) is 4.80 Å². The first kappa shape index (κ1) is 22.7. The molecule has 0 unspecified atom stereocenters. The lowest BCUT2D eigenvalue weighted by molar-refractivity contribution is 0.0845. The monoisotopic (exact) mass is 478 g/mol. The van der Waals surface area contributed by atoms with Crippen molar-refractivity contribution >= 4 is 22.6 Å². The Morgan fingerprint density at radius 1 is 0.833 bits per heavy atom. The van der Waals surface area contributed by atoms with Crippen LogP contribution in [0.4, 0.5) is 0 Å². The highest BCUT2D eigenvalue weighted by Crippen LogP contribution is 2.25. The predicted molar refractivity (Wildman–Crippen MR) is 134 cm³/mol. The Kier molecular flexibility index (Phi) is 6.35. The summed E-state index contributed by atoms with van der Waals surface area (Å²) in [5.41, 5.74) is 7.41. The molecule has 0 aliphatic rings. The van der Waals surface area contributed by atoms with Crippen LogP contribution >= 0.6 is 0 Å². The molecule has 0 fully saturated rings. The summed E-state index contributed by atoms with van der Waals surface area (Å²) in [5.74, 6) is 0.0429. The normalized spacial score (nSPS) is 10.7. The number of nitrogens with zero attached hydrogens (tertiary/aromatic N) is 4. The van der Waals surface area contributed by atoms with Crippen LogP contribution in [-0.2, 0) is 6.54 Å². The van der Waals surface area contributed by atoms with Crippen molar-refractivity contribution in [3.63, 3.8) is 0 Å². The summed E-state index contributed by atoms with van der Waals surface area (Å²) in [5, 5.41) is 14.4. The van der Waals surface area contributed by atoms with Crippen LogP contribution < -0.4 is 15.6 Å². The minimum atomic E-state index is -0.478. The first-order chi connectivity index (χ1) is 17.6. The maximum absolute atomic E-state index is 12.7. The maximum Gasteiger partial charge on any atom is 0.273 e. The van der Waals surface area contributed by atoms with Crippen molar-refractivity contribution in [1.82, 2.24) is 31.1 Å². The first-order valence-electron chi connectivity index (χ1n) is 11.2. The molecule has 4 aromatic carbocycles. The van der Waals surface area contributed by atoms with Crippen LogP contribution in [0, 0.1) is 0 Å². The van der Waals surface area contributed by atoms with Crippen LogP contribution in [0.1, 0.15) is 26.3 Å². The number of carbonyl (C=O) groups is 2. The smallest absolute Gasteiger partial charge is 0.273 e. The Bertz CT molecular complexity index is 1530. The molecule has 1 heterocycles. The van der Waals surface area contributed by atoms with E-state index >= 15 is 0 Å². The van der Waals surface area contributed by atoms with Gasteiger partial charge < -0.3 is 4.74 Å². The van der Waals surface area contributed by atoms with E-state index in [-0.39, 0.29) is 0 Å². The lowest BCUT2D eigenvalue weighted by atomic mass is 10.1. The number of methoxy groups -OCH3 is 1. The number of hydrazine groups is 1. The molecule has 178 valence electrons. The van der Waals surface area contributed by atoms with Gasteiger partial charge in [0.25, 0.3) is 11.8 Å². The Morgan fingerprint density at radius 2 is 1.50 bits per heavy atom. The summed E-state index contributed by atoms with van der Waals surface area (Å²) in [4.78, 5) is 26.8. The Morgan fingerprint density at radius 3 is 2.22 bits per heavy atom. The summed E-state index contributed by atoms with van der Waals surface area (Å²) in [6, 6.07) is 27.7. The molecule has 0 saturated carbocycles. The molecule has 5 rings (SSSR count). The van der Waals surface area contributed by atoms with Crippen LogP contribution in [0.5, 0.6) is 5.75 Å². The third kappa shape index (κ3) is 4.90. The zero-order valence-electron chi connectivity index (χ0n) is 19.4. The molecular formula is C27H22N6O3. The molecule has 36 heavy (non-hydrogen) atoms. The van der Waals surface area contributed by atoms with E-state index in [1.165, 1.54) is 11.9 Å². The molecule has 9 nitrogen and oxygen atoms in total. The fourth-order valence-corrected chi connectivity index (χ4v) is 3.76. The summed E-state index contributed by atoms with van der Waals surface area (Å²) < 4.78 is 5.36. The first-order valence-corrected chi connectivity index (χ1v) is 11.2. The molecular weight excluding hydrogens is 456 g/mol. The minimum absolute atomic E-state index is 0.321. The number of aromatic nitrogens is 4. The molecule has 1 aromatic heterocycles. The summed E-state index contributed by atoms with van der Waals surface area (Å²) in [7, 11) is 1.50. The number of benzene rings is 4. The number of nitrogens with one attached hydrogen (secondary N) is 2. The van der Waals surface area contributed by atoms with E-state index in [2.05, 4.69) is 26.3 Å². The standard InChI is InChI=1S/C27H22N6O3/c1-36-24-16-22-10-6-5-9-21(22)15-23(24)27(35)30-29-26(34)20-13-11-18(12-14-20)17-33-31-25(28-32-33)19-7-3-2-4-8-19/h2-16H,17H2,1H3,(H,29,34)(H,30,35). The molecule has 0 bridgehead atoms. The highest BCUT2D eigenvalue weighted by atomic mass is 16.5. The van der Waals surface area contributed by atoms with Gasteiger partial charge >= 0.3 is 0 Å². The molecule has 5 aromatic rings. The third-order valence-electron chi connectivity index (χ3n) is 5.63. The van der Waals surface area contributed by atoms with E-state index < -0.39 is 11.8 Å². The van der Waals surface area contributed by atoms with Crippen molar-refractivity contribution in [2.45, 2.75) is 6.54 Å². The number of rotatable bonds is 6. The molecule has 0 spiro atoms. The fourth-order valence-electron chi connectivity index (χ4n) is 3.76. The summed E-state index contributed by atoms with van der Waals surface area (Å²) >= 11 is 0. The molecule has 0 radical (unpaired) electrons. The van der Waals surface area contributed by atoms with Crippen LogP contribution in [0.3, 0.4) is 0 Å².